The summed E-state index contributed by atoms with van der Waals surface area (Å²) >= 11 is 0. The third-order valence-electron chi connectivity index (χ3n) is 5.03. The third kappa shape index (κ3) is 1.62. The second-order valence-electron chi connectivity index (χ2n) is 6.26. The Morgan fingerprint density at radius 3 is 2.30 bits per heavy atom. The lowest BCUT2D eigenvalue weighted by Gasteiger charge is -2.14. The van der Waals surface area contributed by atoms with Gasteiger partial charge in [0.05, 0.1) is 5.52 Å². The van der Waals surface area contributed by atoms with Crippen LogP contribution in [0.1, 0.15) is 24.1 Å². The van der Waals surface area contributed by atoms with Gasteiger partial charge in [0.15, 0.2) is 0 Å². The van der Waals surface area contributed by atoms with Crippen LogP contribution in [0.4, 0.5) is 0 Å². The number of hydrogen-bond acceptors (Lipinski definition) is 0. The number of para-hydroxylation sites is 2. The van der Waals surface area contributed by atoms with E-state index < -0.39 is 0 Å². The van der Waals surface area contributed by atoms with Crippen molar-refractivity contribution in [2.75, 3.05) is 0 Å². The zero-order valence-electron chi connectivity index (χ0n) is 13.0. The molecule has 1 aliphatic carbocycles. The van der Waals surface area contributed by atoms with Crippen LogP contribution < -0.4 is 0 Å². The summed E-state index contributed by atoms with van der Waals surface area (Å²) in [5.41, 5.74) is 8.19. The molecule has 0 saturated carbocycles. The zero-order chi connectivity index (χ0) is 15.4. The number of aromatic nitrogens is 1. The summed E-state index contributed by atoms with van der Waals surface area (Å²) in [5.74, 6) is 0.411. The first-order valence-corrected chi connectivity index (χ1v) is 8.14. The molecule has 1 aromatic heterocycles. The topological polar surface area (TPSA) is 4.93 Å². The minimum Gasteiger partial charge on any atom is -0.312 e. The monoisotopic (exact) mass is 295 g/mol. The van der Waals surface area contributed by atoms with Gasteiger partial charge in [-0.1, -0.05) is 67.6 Å². The minimum absolute atomic E-state index is 0.411. The molecular formula is C22H17N. The van der Waals surface area contributed by atoms with Gasteiger partial charge in [-0.15, -0.1) is 0 Å². The minimum atomic E-state index is 0.411. The maximum absolute atomic E-state index is 2.44. The Hall–Kier alpha value is -2.80. The summed E-state index contributed by atoms with van der Waals surface area (Å²) in [7, 11) is 0. The van der Waals surface area contributed by atoms with Crippen LogP contribution in [0.5, 0.6) is 0 Å². The van der Waals surface area contributed by atoms with Crippen molar-refractivity contribution in [3.8, 4) is 16.8 Å². The highest BCUT2D eigenvalue weighted by Gasteiger charge is 2.31. The van der Waals surface area contributed by atoms with E-state index in [9.17, 15) is 0 Å². The molecule has 0 fully saturated rings. The smallest absolute Gasteiger partial charge is 0.0538 e. The first-order valence-electron chi connectivity index (χ1n) is 8.14. The van der Waals surface area contributed by atoms with Gasteiger partial charge in [-0.2, -0.15) is 0 Å². The van der Waals surface area contributed by atoms with E-state index in [-0.39, 0.29) is 0 Å². The van der Waals surface area contributed by atoms with Crippen molar-refractivity contribution in [2.45, 2.75) is 12.8 Å². The van der Waals surface area contributed by atoms with Crippen LogP contribution in [0.15, 0.2) is 78.9 Å². The molecule has 0 amide bonds. The van der Waals surface area contributed by atoms with Crippen molar-refractivity contribution < 1.29 is 0 Å². The molecule has 0 bridgehead atoms. The van der Waals surface area contributed by atoms with Gasteiger partial charge in [0.2, 0.25) is 0 Å². The molecule has 1 aliphatic rings. The van der Waals surface area contributed by atoms with Crippen LogP contribution in [0.2, 0.25) is 0 Å². The molecule has 1 unspecified atom stereocenters. The SMILES string of the molecule is CC1c2ccccc2-c2c1n(-c1ccccc1)c1ccccc21. The summed E-state index contributed by atoms with van der Waals surface area (Å²) in [4.78, 5) is 0. The van der Waals surface area contributed by atoms with E-state index >= 15 is 0 Å². The van der Waals surface area contributed by atoms with E-state index in [0.29, 0.717) is 5.92 Å². The van der Waals surface area contributed by atoms with Gasteiger partial charge in [0, 0.05) is 28.2 Å². The van der Waals surface area contributed by atoms with Crippen molar-refractivity contribution in [1.29, 1.82) is 0 Å². The Kier molecular flexibility index (Phi) is 2.54. The first kappa shape index (κ1) is 12.7. The van der Waals surface area contributed by atoms with E-state index in [4.69, 9.17) is 0 Å². The van der Waals surface area contributed by atoms with E-state index in [1.165, 1.54) is 39.0 Å². The molecule has 1 nitrogen and oxygen atoms in total. The number of hydrogen-bond donors (Lipinski definition) is 0. The van der Waals surface area contributed by atoms with Crippen LogP contribution in [-0.2, 0) is 0 Å². The lowest BCUT2D eigenvalue weighted by Crippen LogP contribution is -2.02. The molecule has 0 saturated heterocycles. The fraction of sp³-hybridized carbons (Fsp3) is 0.0909. The highest BCUT2D eigenvalue weighted by Crippen LogP contribution is 2.50. The Bertz CT molecular complexity index is 1010. The Labute approximate surface area is 135 Å². The van der Waals surface area contributed by atoms with E-state index in [2.05, 4.69) is 90.4 Å². The van der Waals surface area contributed by atoms with Gasteiger partial charge in [-0.25, -0.2) is 0 Å². The molecule has 5 rings (SSSR count). The van der Waals surface area contributed by atoms with Crippen LogP contribution >= 0.6 is 0 Å². The second kappa shape index (κ2) is 4.60. The fourth-order valence-corrected chi connectivity index (χ4v) is 4.06. The highest BCUT2D eigenvalue weighted by molar-refractivity contribution is 6.02. The van der Waals surface area contributed by atoms with Gasteiger partial charge in [0.1, 0.15) is 0 Å². The van der Waals surface area contributed by atoms with Crippen molar-refractivity contribution in [2.24, 2.45) is 0 Å². The van der Waals surface area contributed by atoms with Crippen molar-refractivity contribution in [3.05, 3.63) is 90.1 Å². The quantitative estimate of drug-likeness (QED) is 0.420. The third-order valence-corrected chi connectivity index (χ3v) is 5.03. The van der Waals surface area contributed by atoms with Crippen LogP contribution in [0.3, 0.4) is 0 Å². The number of fused-ring (bicyclic) bond motifs is 5. The Morgan fingerprint density at radius 2 is 1.43 bits per heavy atom. The largest absolute Gasteiger partial charge is 0.312 e. The lowest BCUT2D eigenvalue weighted by atomic mass is 10.0. The van der Waals surface area contributed by atoms with Crippen molar-refractivity contribution in [1.82, 2.24) is 4.57 Å². The molecule has 0 radical (unpaired) electrons. The molecule has 4 aromatic rings. The number of rotatable bonds is 1. The molecule has 23 heavy (non-hydrogen) atoms. The molecular weight excluding hydrogens is 278 g/mol. The predicted molar refractivity (Wildman–Crippen MR) is 96.2 cm³/mol. The second-order valence-corrected chi connectivity index (χ2v) is 6.26. The molecule has 0 aliphatic heterocycles. The molecule has 3 aromatic carbocycles. The van der Waals surface area contributed by atoms with Crippen molar-refractivity contribution >= 4 is 10.9 Å². The van der Waals surface area contributed by atoms with Gasteiger partial charge in [0.25, 0.3) is 0 Å². The van der Waals surface area contributed by atoms with Gasteiger partial charge >= 0.3 is 0 Å². The summed E-state index contributed by atoms with van der Waals surface area (Å²) in [5, 5.41) is 1.35. The molecule has 0 spiro atoms. The summed E-state index contributed by atoms with van der Waals surface area (Å²) in [6.07, 6.45) is 0. The first-order chi connectivity index (χ1) is 11.4. The highest BCUT2D eigenvalue weighted by atomic mass is 15.0. The molecule has 1 heterocycles. The molecule has 1 atom stereocenters. The van der Waals surface area contributed by atoms with E-state index in [1.807, 2.05) is 0 Å². The van der Waals surface area contributed by atoms with E-state index in [1.54, 1.807) is 0 Å². The molecule has 1 heteroatoms. The fourth-order valence-electron chi connectivity index (χ4n) is 4.06. The summed E-state index contributed by atoms with van der Waals surface area (Å²) in [6, 6.07) is 28.3. The van der Waals surface area contributed by atoms with Crippen LogP contribution in [0.25, 0.3) is 27.7 Å². The normalized spacial score (nSPS) is 15.6. The Balaban J connectivity index is 1.96. The zero-order valence-corrected chi connectivity index (χ0v) is 13.0. The summed E-state index contributed by atoms with van der Waals surface area (Å²) < 4.78 is 2.44. The lowest BCUT2D eigenvalue weighted by molar-refractivity contribution is 0.863. The van der Waals surface area contributed by atoms with E-state index in [0.717, 1.165) is 0 Å². The maximum atomic E-state index is 2.44. The van der Waals surface area contributed by atoms with Gasteiger partial charge < -0.3 is 4.57 Å². The van der Waals surface area contributed by atoms with Crippen LogP contribution in [0, 0.1) is 0 Å². The maximum Gasteiger partial charge on any atom is 0.0538 e. The standard InChI is InChI=1S/C22H17N/c1-15-17-11-5-6-12-18(17)21-19-13-7-8-14-20(19)23(22(15)21)16-9-3-2-4-10-16/h2-15H,1H3. The predicted octanol–water partition coefficient (Wildman–Crippen LogP) is 5.76. The number of nitrogens with zero attached hydrogens (tertiary/aromatic N) is 1. The average Bonchev–Trinajstić information content (AvgIpc) is 3.10. The molecule has 0 N–H and O–H groups in total. The van der Waals surface area contributed by atoms with Gasteiger partial charge in [-0.3, -0.25) is 0 Å². The average molecular weight is 295 g/mol. The van der Waals surface area contributed by atoms with Gasteiger partial charge in [-0.05, 0) is 29.3 Å². The summed E-state index contributed by atoms with van der Waals surface area (Å²) in [6.45, 7) is 2.32. The number of benzene rings is 3. The van der Waals surface area contributed by atoms with Crippen molar-refractivity contribution in [3.63, 3.8) is 0 Å². The Morgan fingerprint density at radius 1 is 0.739 bits per heavy atom. The van der Waals surface area contributed by atoms with Crippen LogP contribution in [-0.4, -0.2) is 4.57 Å². The molecule has 110 valence electrons.